The van der Waals surface area contributed by atoms with Crippen molar-refractivity contribution in [2.24, 2.45) is 5.73 Å². The first-order chi connectivity index (χ1) is 9.15. The largest absolute Gasteiger partial charge is 0.346 e. The Morgan fingerprint density at radius 1 is 1.26 bits per heavy atom. The minimum atomic E-state index is 0.463. The highest BCUT2D eigenvalue weighted by Crippen LogP contribution is 2.30. The normalized spacial score (nSPS) is 17.4. The van der Waals surface area contributed by atoms with Crippen molar-refractivity contribution in [2.75, 3.05) is 37.6 Å². The first-order valence-corrected chi connectivity index (χ1v) is 8.14. The lowest BCUT2D eigenvalue weighted by Gasteiger charge is -2.34. The molecule has 108 valence electrons. The summed E-state index contributed by atoms with van der Waals surface area (Å²) in [5.74, 6) is 0.463. The van der Waals surface area contributed by atoms with Gasteiger partial charge in [-0.3, -0.25) is 4.90 Å². The molecule has 2 heterocycles. The zero-order valence-electron chi connectivity index (χ0n) is 12.4. The fourth-order valence-electron chi connectivity index (χ4n) is 2.56. The van der Waals surface area contributed by atoms with Crippen LogP contribution in [0.2, 0.25) is 0 Å². The van der Waals surface area contributed by atoms with Gasteiger partial charge in [-0.15, -0.1) is 11.3 Å². The molecule has 1 saturated heterocycles. The standard InChI is InChI=1S/C14H26N4S/c1-4-5-17-6-8-18(9-7-17)14-16-13(11(2)3)12(10-15)19-14/h11H,4-10,15H2,1-3H3. The maximum Gasteiger partial charge on any atom is 0.185 e. The second-order valence-corrected chi connectivity index (χ2v) is 6.55. The van der Waals surface area contributed by atoms with Crippen molar-refractivity contribution in [3.63, 3.8) is 0 Å². The Morgan fingerprint density at radius 2 is 1.95 bits per heavy atom. The van der Waals surface area contributed by atoms with Gasteiger partial charge >= 0.3 is 0 Å². The van der Waals surface area contributed by atoms with Gasteiger partial charge in [0.25, 0.3) is 0 Å². The number of thiazole rings is 1. The van der Waals surface area contributed by atoms with Crippen LogP contribution in [0.5, 0.6) is 0 Å². The van der Waals surface area contributed by atoms with Crippen LogP contribution >= 0.6 is 11.3 Å². The fourth-order valence-corrected chi connectivity index (χ4v) is 3.71. The van der Waals surface area contributed by atoms with Gasteiger partial charge in [-0.05, 0) is 18.9 Å². The van der Waals surface area contributed by atoms with E-state index < -0.39 is 0 Å². The SMILES string of the molecule is CCCN1CCN(c2nc(C(C)C)c(CN)s2)CC1. The summed E-state index contributed by atoms with van der Waals surface area (Å²) in [5, 5.41) is 1.17. The number of piperazine rings is 1. The van der Waals surface area contributed by atoms with Crippen molar-refractivity contribution in [2.45, 2.75) is 39.7 Å². The highest BCUT2D eigenvalue weighted by atomic mass is 32.1. The van der Waals surface area contributed by atoms with E-state index in [1.807, 2.05) is 0 Å². The third-order valence-corrected chi connectivity index (χ3v) is 4.79. The van der Waals surface area contributed by atoms with Gasteiger partial charge in [-0.1, -0.05) is 20.8 Å². The van der Waals surface area contributed by atoms with E-state index in [0.717, 1.165) is 26.2 Å². The average molecular weight is 282 g/mol. The molecule has 5 heteroatoms. The van der Waals surface area contributed by atoms with Crippen molar-refractivity contribution in [3.05, 3.63) is 10.6 Å². The van der Waals surface area contributed by atoms with Gasteiger partial charge in [0.15, 0.2) is 5.13 Å². The van der Waals surface area contributed by atoms with Crippen LogP contribution in [-0.4, -0.2) is 42.6 Å². The number of anilines is 1. The molecule has 0 spiro atoms. The monoisotopic (exact) mass is 282 g/mol. The number of nitrogens with zero attached hydrogens (tertiary/aromatic N) is 3. The average Bonchev–Trinajstić information content (AvgIpc) is 2.84. The third-order valence-electron chi connectivity index (χ3n) is 3.63. The van der Waals surface area contributed by atoms with Crippen LogP contribution in [0.15, 0.2) is 0 Å². The van der Waals surface area contributed by atoms with Crippen molar-refractivity contribution >= 4 is 16.5 Å². The summed E-state index contributed by atoms with van der Waals surface area (Å²) in [5.41, 5.74) is 7.03. The first-order valence-electron chi connectivity index (χ1n) is 7.32. The molecule has 0 aromatic carbocycles. The predicted molar refractivity (Wildman–Crippen MR) is 83.0 cm³/mol. The van der Waals surface area contributed by atoms with Crippen LogP contribution < -0.4 is 10.6 Å². The molecule has 2 rings (SSSR count). The lowest BCUT2D eigenvalue weighted by molar-refractivity contribution is 0.258. The van der Waals surface area contributed by atoms with E-state index in [-0.39, 0.29) is 0 Å². The van der Waals surface area contributed by atoms with Gasteiger partial charge in [-0.25, -0.2) is 4.98 Å². The number of hydrogen-bond acceptors (Lipinski definition) is 5. The summed E-state index contributed by atoms with van der Waals surface area (Å²) in [6.07, 6.45) is 1.24. The molecule has 1 aromatic heterocycles. The van der Waals surface area contributed by atoms with E-state index in [2.05, 4.69) is 30.6 Å². The Kier molecular flexibility index (Phi) is 5.19. The van der Waals surface area contributed by atoms with E-state index in [1.165, 1.54) is 28.7 Å². The molecule has 0 atom stereocenters. The van der Waals surface area contributed by atoms with E-state index in [0.29, 0.717) is 12.5 Å². The zero-order valence-corrected chi connectivity index (χ0v) is 13.2. The predicted octanol–water partition coefficient (Wildman–Crippen LogP) is 2.26. The molecule has 1 aliphatic heterocycles. The summed E-state index contributed by atoms with van der Waals surface area (Å²) >= 11 is 1.78. The van der Waals surface area contributed by atoms with E-state index in [4.69, 9.17) is 10.7 Å². The molecule has 4 nitrogen and oxygen atoms in total. The summed E-state index contributed by atoms with van der Waals surface area (Å²) in [7, 11) is 0. The number of aromatic nitrogens is 1. The van der Waals surface area contributed by atoms with Gasteiger partial charge in [-0.2, -0.15) is 0 Å². The summed E-state index contributed by atoms with van der Waals surface area (Å²) in [6.45, 7) is 13.0. The molecular weight excluding hydrogens is 256 g/mol. The molecule has 2 N–H and O–H groups in total. The van der Waals surface area contributed by atoms with Gasteiger partial charge in [0.05, 0.1) is 5.69 Å². The Labute approximate surface area is 120 Å². The maximum atomic E-state index is 5.84. The Balaban J connectivity index is 2.03. The summed E-state index contributed by atoms with van der Waals surface area (Å²) < 4.78 is 0. The van der Waals surface area contributed by atoms with Crippen LogP contribution in [-0.2, 0) is 6.54 Å². The number of hydrogen-bond donors (Lipinski definition) is 1. The lowest BCUT2D eigenvalue weighted by Crippen LogP contribution is -2.46. The van der Waals surface area contributed by atoms with Crippen LogP contribution in [0, 0.1) is 0 Å². The van der Waals surface area contributed by atoms with Crippen LogP contribution in [0.1, 0.15) is 43.7 Å². The van der Waals surface area contributed by atoms with E-state index in [1.54, 1.807) is 11.3 Å². The minimum absolute atomic E-state index is 0.463. The smallest absolute Gasteiger partial charge is 0.185 e. The van der Waals surface area contributed by atoms with Crippen molar-refractivity contribution in [1.82, 2.24) is 9.88 Å². The summed E-state index contributed by atoms with van der Waals surface area (Å²) in [6, 6.07) is 0. The lowest BCUT2D eigenvalue weighted by atomic mass is 10.1. The Morgan fingerprint density at radius 3 is 2.42 bits per heavy atom. The topological polar surface area (TPSA) is 45.4 Å². The van der Waals surface area contributed by atoms with Crippen LogP contribution in [0.4, 0.5) is 5.13 Å². The second-order valence-electron chi connectivity index (χ2n) is 5.49. The molecule has 1 fully saturated rings. The molecule has 0 aliphatic carbocycles. The van der Waals surface area contributed by atoms with Crippen LogP contribution in [0.3, 0.4) is 0 Å². The maximum absolute atomic E-state index is 5.84. The molecule has 1 aromatic rings. The van der Waals surface area contributed by atoms with Crippen molar-refractivity contribution < 1.29 is 0 Å². The molecule has 0 bridgehead atoms. The highest BCUT2D eigenvalue weighted by molar-refractivity contribution is 7.15. The van der Waals surface area contributed by atoms with E-state index >= 15 is 0 Å². The zero-order chi connectivity index (χ0) is 13.8. The number of rotatable bonds is 5. The molecule has 0 unspecified atom stereocenters. The molecule has 0 radical (unpaired) electrons. The van der Waals surface area contributed by atoms with Gasteiger partial charge in [0.1, 0.15) is 0 Å². The fraction of sp³-hybridized carbons (Fsp3) is 0.786. The van der Waals surface area contributed by atoms with Gasteiger partial charge in [0.2, 0.25) is 0 Å². The number of nitrogens with two attached hydrogens (primary N) is 1. The first kappa shape index (κ1) is 14.8. The minimum Gasteiger partial charge on any atom is -0.346 e. The van der Waals surface area contributed by atoms with E-state index in [9.17, 15) is 0 Å². The molecule has 0 saturated carbocycles. The third kappa shape index (κ3) is 3.46. The summed E-state index contributed by atoms with van der Waals surface area (Å²) in [4.78, 5) is 11.0. The molecule has 1 aliphatic rings. The molecule has 19 heavy (non-hydrogen) atoms. The van der Waals surface area contributed by atoms with Crippen LogP contribution in [0.25, 0.3) is 0 Å². The Hall–Kier alpha value is -0.650. The quantitative estimate of drug-likeness (QED) is 0.900. The van der Waals surface area contributed by atoms with Crippen molar-refractivity contribution in [3.8, 4) is 0 Å². The molecular formula is C14H26N4S. The van der Waals surface area contributed by atoms with Gasteiger partial charge in [0, 0.05) is 37.6 Å². The second kappa shape index (κ2) is 6.68. The Bertz CT molecular complexity index is 394. The molecule has 0 amide bonds. The van der Waals surface area contributed by atoms with Gasteiger partial charge < -0.3 is 10.6 Å². The van der Waals surface area contributed by atoms with Crippen molar-refractivity contribution in [1.29, 1.82) is 0 Å². The highest BCUT2D eigenvalue weighted by Gasteiger charge is 2.21.